The van der Waals surface area contributed by atoms with Crippen LogP contribution < -0.4 is 16.1 Å². The zero-order valence-corrected chi connectivity index (χ0v) is 20.2. The van der Waals surface area contributed by atoms with Gasteiger partial charge in [-0.05, 0) is 30.2 Å². The second-order valence-corrected chi connectivity index (χ2v) is 9.25. The van der Waals surface area contributed by atoms with Gasteiger partial charge in [-0.3, -0.25) is 23.4 Å². The zero-order valence-electron chi connectivity index (χ0n) is 20.2. The average molecular weight is 477 g/mol. The molecule has 8 nitrogen and oxygen atoms in total. The fourth-order valence-electron chi connectivity index (χ4n) is 4.77. The van der Waals surface area contributed by atoms with E-state index in [0.29, 0.717) is 23.7 Å². The molecule has 0 N–H and O–H groups in total. The molecule has 0 spiro atoms. The predicted molar refractivity (Wildman–Crippen MR) is 134 cm³/mol. The first kappa shape index (κ1) is 23.0. The van der Waals surface area contributed by atoms with Crippen molar-refractivity contribution in [2.24, 2.45) is 14.1 Å². The number of aromatic nitrogens is 4. The molecule has 0 amide bonds. The van der Waals surface area contributed by atoms with Crippen molar-refractivity contribution in [3.05, 3.63) is 91.9 Å². The maximum Gasteiger partial charge on any atom is 0.332 e. The van der Waals surface area contributed by atoms with Crippen molar-refractivity contribution in [1.29, 1.82) is 0 Å². The lowest BCUT2D eigenvalue weighted by molar-refractivity contribution is 0.248. The van der Waals surface area contributed by atoms with Crippen molar-refractivity contribution >= 4 is 17.1 Å². The van der Waals surface area contributed by atoms with Gasteiger partial charge in [0, 0.05) is 46.8 Å². The summed E-state index contributed by atoms with van der Waals surface area (Å²) in [5.41, 5.74) is 3.32. The van der Waals surface area contributed by atoms with Crippen molar-refractivity contribution in [3.63, 3.8) is 0 Å². The lowest BCUT2D eigenvalue weighted by Crippen LogP contribution is -2.47. The Morgan fingerprint density at radius 3 is 2.29 bits per heavy atom. The van der Waals surface area contributed by atoms with Gasteiger partial charge in [-0.25, -0.2) is 9.18 Å². The van der Waals surface area contributed by atoms with Crippen molar-refractivity contribution in [2.75, 3.05) is 31.1 Å². The van der Waals surface area contributed by atoms with Gasteiger partial charge < -0.3 is 4.90 Å². The van der Waals surface area contributed by atoms with Gasteiger partial charge in [0.2, 0.25) is 5.95 Å². The number of nitrogens with zero attached hydrogens (tertiary/aromatic N) is 6. The van der Waals surface area contributed by atoms with Crippen LogP contribution in [-0.2, 0) is 27.2 Å². The van der Waals surface area contributed by atoms with Crippen LogP contribution in [0.2, 0.25) is 0 Å². The van der Waals surface area contributed by atoms with Gasteiger partial charge in [-0.1, -0.05) is 42.0 Å². The van der Waals surface area contributed by atoms with Crippen LogP contribution in [0.5, 0.6) is 0 Å². The molecule has 0 unspecified atom stereocenters. The van der Waals surface area contributed by atoms with E-state index in [-0.39, 0.29) is 11.4 Å². The normalized spacial score (nSPS) is 14.7. The molecule has 9 heteroatoms. The third kappa shape index (κ3) is 4.39. The topological polar surface area (TPSA) is 68.3 Å². The Kier molecular flexibility index (Phi) is 6.02. The van der Waals surface area contributed by atoms with E-state index in [2.05, 4.69) is 41.0 Å². The maximum absolute atomic E-state index is 13.5. The standard InChI is InChI=1S/C26H29FN6O2/c1-18-5-4-6-20(15-18)16-31-11-13-32(14-12-31)25-28-23-22(24(34)30(3)26(35)29(23)2)33(25)17-19-7-9-21(27)10-8-19/h4-10,15H,11-14,16-17H2,1-3H3. The summed E-state index contributed by atoms with van der Waals surface area (Å²) in [5, 5.41) is 0. The van der Waals surface area contributed by atoms with Crippen molar-refractivity contribution < 1.29 is 4.39 Å². The van der Waals surface area contributed by atoms with Crippen LogP contribution in [0.15, 0.2) is 58.1 Å². The Labute approximate surface area is 202 Å². The van der Waals surface area contributed by atoms with Crippen LogP contribution in [0.25, 0.3) is 11.2 Å². The minimum absolute atomic E-state index is 0.312. The molecule has 0 radical (unpaired) electrons. The molecule has 1 aliphatic heterocycles. The minimum Gasteiger partial charge on any atom is -0.340 e. The number of fused-ring (bicyclic) bond motifs is 1. The summed E-state index contributed by atoms with van der Waals surface area (Å²) in [6.07, 6.45) is 0. The maximum atomic E-state index is 13.5. The summed E-state index contributed by atoms with van der Waals surface area (Å²) >= 11 is 0. The Hall–Kier alpha value is -3.72. The summed E-state index contributed by atoms with van der Waals surface area (Å²) < 4.78 is 17.9. The van der Waals surface area contributed by atoms with Crippen molar-refractivity contribution in [3.8, 4) is 0 Å². The number of piperazine rings is 1. The molecule has 0 saturated carbocycles. The van der Waals surface area contributed by atoms with Crippen LogP contribution >= 0.6 is 0 Å². The molecule has 1 fully saturated rings. The Balaban J connectivity index is 1.49. The summed E-state index contributed by atoms with van der Waals surface area (Å²) in [4.78, 5) is 35.1. The number of halogens is 1. The number of hydrogen-bond acceptors (Lipinski definition) is 5. The summed E-state index contributed by atoms with van der Waals surface area (Å²) in [6, 6.07) is 14.8. The molecule has 2 aromatic heterocycles. The van der Waals surface area contributed by atoms with E-state index in [4.69, 9.17) is 4.98 Å². The molecule has 1 saturated heterocycles. The lowest BCUT2D eigenvalue weighted by Gasteiger charge is -2.35. The quantitative estimate of drug-likeness (QED) is 0.442. The van der Waals surface area contributed by atoms with Crippen LogP contribution in [0, 0.1) is 12.7 Å². The molecule has 3 heterocycles. The second-order valence-electron chi connectivity index (χ2n) is 9.25. The number of benzene rings is 2. The van der Waals surface area contributed by atoms with Gasteiger partial charge in [0.15, 0.2) is 11.2 Å². The van der Waals surface area contributed by atoms with E-state index >= 15 is 0 Å². The first-order chi connectivity index (χ1) is 16.8. The van der Waals surface area contributed by atoms with E-state index in [0.717, 1.165) is 42.9 Å². The van der Waals surface area contributed by atoms with E-state index in [9.17, 15) is 14.0 Å². The van der Waals surface area contributed by atoms with Crippen LogP contribution in [0.4, 0.5) is 10.3 Å². The van der Waals surface area contributed by atoms with Gasteiger partial charge in [0.1, 0.15) is 5.82 Å². The molecule has 182 valence electrons. The fourth-order valence-corrected chi connectivity index (χ4v) is 4.77. The molecule has 5 rings (SSSR count). The van der Waals surface area contributed by atoms with Crippen LogP contribution in [-0.4, -0.2) is 49.8 Å². The summed E-state index contributed by atoms with van der Waals surface area (Å²) in [7, 11) is 3.10. The second kappa shape index (κ2) is 9.14. The number of aryl methyl sites for hydroxylation is 2. The summed E-state index contributed by atoms with van der Waals surface area (Å²) in [6.45, 7) is 6.53. The average Bonchev–Trinajstić information content (AvgIpc) is 3.22. The number of hydrogen-bond donors (Lipinski definition) is 0. The van der Waals surface area contributed by atoms with E-state index in [1.165, 1.54) is 34.9 Å². The predicted octanol–water partition coefficient (Wildman–Crippen LogP) is 2.25. The minimum atomic E-state index is -0.413. The Morgan fingerprint density at radius 1 is 0.886 bits per heavy atom. The lowest BCUT2D eigenvalue weighted by atomic mass is 10.1. The third-order valence-corrected chi connectivity index (χ3v) is 6.73. The fraction of sp³-hybridized carbons (Fsp3) is 0.346. The number of rotatable bonds is 5. The first-order valence-corrected chi connectivity index (χ1v) is 11.8. The SMILES string of the molecule is Cc1cccc(CN2CCN(c3nc4c(c(=O)n(C)c(=O)n4C)n3Cc3ccc(F)cc3)CC2)c1. The van der Waals surface area contributed by atoms with Crippen LogP contribution in [0.3, 0.4) is 0 Å². The number of anilines is 1. The molecule has 1 aliphatic rings. The molecule has 0 bridgehead atoms. The number of imidazole rings is 1. The van der Waals surface area contributed by atoms with Gasteiger partial charge in [0.25, 0.3) is 5.56 Å². The van der Waals surface area contributed by atoms with Gasteiger partial charge >= 0.3 is 5.69 Å². The molecule has 0 aliphatic carbocycles. The largest absolute Gasteiger partial charge is 0.340 e. The zero-order chi connectivity index (χ0) is 24.7. The highest BCUT2D eigenvalue weighted by Gasteiger charge is 2.26. The Bertz CT molecular complexity index is 1490. The van der Waals surface area contributed by atoms with Crippen molar-refractivity contribution in [1.82, 2.24) is 23.6 Å². The molecular formula is C26H29FN6O2. The highest BCUT2D eigenvalue weighted by molar-refractivity contribution is 5.75. The first-order valence-electron chi connectivity index (χ1n) is 11.8. The van der Waals surface area contributed by atoms with Crippen molar-refractivity contribution in [2.45, 2.75) is 20.0 Å². The molecule has 4 aromatic rings. The van der Waals surface area contributed by atoms with Crippen LogP contribution in [0.1, 0.15) is 16.7 Å². The highest BCUT2D eigenvalue weighted by atomic mass is 19.1. The van der Waals surface area contributed by atoms with Gasteiger partial charge in [-0.2, -0.15) is 4.98 Å². The van der Waals surface area contributed by atoms with E-state index < -0.39 is 5.69 Å². The van der Waals surface area contributed by atoms with Gasteiger partial charge in [0.05, 0.1) is 6.54 Å². The monoisotopic (exact) mass is 476 g/mol. The Morgan fingerprint density at radius 2 is 1.60 bits per heavy atom. The van der Waals surface area contributed by atoms with Gasteiger partial charge in [-0.15, -0.1) is 0 Å². The third-order valence-electron chi connectivity index (χ3n) is 6.73. The van der Waals surface area contributed by atoms with E-state index in [1.807, 2.05) is 4.57 Å². The smallest absolute Gasteiger partial charge is 0.332 e. The summed E-state index contributed by atoms with van der Waals surface area (Å²) in [5.74, 6) is 0.338. The molecule has 0 atom stereocenters. The molecule has 35 heavy (non-hydrogen) atoms. The molecule has 2 aromatic carbocycles. The highest BCUT2D eigenvalue weighted by Crippen LogP contribution is 2.23. The molecular weight excluding hydrogens is 447 g/mol. The van der Waals surface area contributed by atoms with E-state index in [1.54, 1.807) is 19.2 Å².